The normalized spacial score (nSPS) is 20.7. The van der Waals surface area contributed by atoms with Gasteiger partial charge in [-0.15, -0.1) is 0 Å². The number of benzene rings is 1. The smallest absolute Gasteiger partial charge is 0.246 e. The Labute approximate surface area is 162 Å². The molecule has 0 N–H and O–H groups in total. The summed E-state index contributed by atoms with van der Waals surface area (Å²) >= 11 is 0. The summed E-state index contributed by atoms with van der Waals surface area (Å²) in [7, 11) is -0.222. The summed E-state index contributed by atoms with van der Waals surface area (Å²) in [5.74, 6) is 0.328. The van der Waals surface area contributed by atoms with Crippen molar-refractivity contribution < 1.29 is 13.2 Å². The van der Waals surface area contributed by atoms with Gasteiger partial charge in [-0.2, -0.15) is 5.10 Å². The topological polar surface area (TPSA) is 64.4 Å². The Bertz CT molecular complexity index is 879. The molecule has 0 amide bonds. The lowest BCUT2D eigenvalue weighted by molar-refractivity contribution is -0.112. The zero-order chi connectivity index (χ0) is 19.8. The molecule has 1 aromatic carbocycles. The van der Waals surface area contributed by atoms with Gasteiger partial charge in [0.25, 0.3) is 0 Å². The maximum Gasteiger partial charge on any atom is 0.246 e. The fourth-order valence-corrected chi connectivity index (χ4v) is 4.93. The van der Waals surface area contributed by atoms with Gasteiger partial charge in [0.2, 0.25) is 10.0 Å². The molecule has 0 bridgehead atoms. The average molecular weight is 392 g/mol. The Hall–Kier alpha value is -1.70. The van der Waals surface area contributed by atoms with Gasteiger partial charge in [-0.3, -0.25) is 4.68 Å². The van der Waals surface area contributed by atoms with E-state index in [1.165, 1.54) is 4.31 Å². The van der Waals surface area contributed by atoms with Gasteiger partial charge in [-0.05, 0) is 39.5 Å². The Morgan fingerprint density at radius 3 is 2.44 bits per heavy atom. The van der Waals surface area contributed by atoms with Crippen LogP contribution < -0.4 is 0 Å². The molecule has 0 radical (unpaired) electrons. The lowest BCUT2D eigenvalue weighted by atomic mass is 9.82. The largest absolute Gasteiger partial charge is 0.373 e. The van der Waals surface area contributed by atoms with Gasteiger partial charge in [0.05, 0.1) is 11.7 Å². The van der Waals surface area contributed by atoms with Crippen molar-refractivity contribution in [2.75, 3.05) is 13.6 Å². The minimum atomic E-state index is -3.61. The minimum Gasteiger partial charge on any atom is -0.373 e. The van der Waals surface area contributed by atoms with Crippen LogP contribution in [0.4, 0.5) is 0 Å². The number of aromatic nitrogens is 2. The predicted octanol–water partition coefficient (Wildman–Crippen LogP) is 3.30. The highest BCUT2D eigenvalue weighted by atomic mass is 32.2. The molecule has 0 unspecified atom stereocenters. The average Bonchev–Trinajstić information content (AvgIpc) is 2.95. The molecule has 1 saturated carbocycles. The van der Waals surface area contributed by atoms with Gasteiger partial charge in [-0.25, -0.2) is 12.7 Å². The zero-order valence-electron chi connectivity index (χ0n) is 16.7. The van der Waals surface area contributed by atoms with E-state index in [0.717, 1.165) is 18.4 Å². The standard InChI is InChI=1S/C20H29N3O3S/c1-20(2,3)26-17-11-15(12-17)13-23(5)27(24,25)18-14-22(4)21-19(18)16-9-7-6-8-10-16/h6-10,14-15,17H,11-13H2,1-5H3. The molecule has 3 rings (SSSR count). The lowest BCUT2D eigenvalue weighted by Crippen LogP contribution is -2.43. The summed E-state index contributed by atoms with van der Waals surface area (Å²) in [6.07, 6.45) is 3.61. The van der Waals surface area contributed by atoms with E-state index in [1.54, 1.807) is 25.0 Å². The Morgan fingerprint density at radius 2 is 1.85 bits per heavy atom. The van der Waals surface area contributed by atoms with Crippen LogP contribution in [-0.2, 0) is 21.8 Å². The summed E-state index contributed by atoms with van der Waals surface area (Å²) < 4.78 is 35.3. The molecule has 6 nitrogen and oxygen atoms in total. The third kappa shape index (κ3) is 4.59. The van der Waals surface area contributed by atoms with E-state index in [-0.39, 0.29) is 16.6 Å². The number of rotatable bonds is 6. The highest BCUT2D eigenvalue weighted by molar-refractivity contribution is 7.89. The number of nitrogens with zero attached hydrogens (tertiary/aromatic N) is 3. The Kier molecular flexibility index (Phi) is 5.47. The predicted molar refractivity (Wildman–Crippen MR) is 106 cm³/mol. The molecule has 7 heteroatoms. The van der Waals surface area contributed by atoms with Crippen molar-refractivity contribution in [3.8, 4) is 11.3 Å². The minimum absolute atomic E-state index is 0.159. The molecule has 1 aliphatic carbocycles. The molecule has 0 aliphatic heterocycles. The molecular formula is C20H29N3O3S. The van der Waals surface area contributed by atoms with E-state index >= 15 is 0 Å². The summed E-state index contributed by atoms with van der Waals surface area (Å²) in [4.78, 5) is 0.250. The molecule has 0 atom stereocenters. The number of ether oxygens (including phenoxy) is 1. The fourth-order valence-electron chi connectivity index (χ4n) is 3.50. The quantitative estimate of drug-likeness (QED) is 0.758. The Morgan fingerprint density at radius 1 is 1.22 bits per heavy atom. The maximum absolute atomic E-state index is 13.2. The molecule has 1 fully saturated rings. The third-order valence-corrected chi connectivity index (χ3v) is 6.58. The highest BCUT2D eigenvalue weighted by Gasteiger charge is 2.36. The van der Waals surface area contributed by atoms with Gasteiger partial charge >= 0.3 is 0 Å². The SMILES string of the molecule is CN(CC1CC(OC(C)(C)C)C1)S(=O)(=O)c1cn(C)nc1-c1ccccc1. The van der Waals surface area contributed by atoms with Gasteiger partial charge in [-0.1, -0.05) is 30.3 Å². The van der Waals surface area contributed by atoms with Gasteiger partial charge in [0.1, 0.15) is 10.6 Å². The third-order valence-electron chi connectivity index (χ3n) is 4.76. The van der Waals surface area contributed by atoms with Crippen molar-refractivity contribution in [1.29, 1.82) is 0 Å². The van der Waals surface area contributed by atoms with Gasteiger partial charge < -0.3 is 4.74 Å². The van der Waals surface area contributed by atoms with Crippen LogP contribution in [0.15, 0.2) is 41.4 Å². The van der Waals surface area contributed by atoms with Crippen molar-refractivity contribution >= 4 is 10.0 Å². The zero-order valence-corrected chi connectivity index (χ0v) is 17.5. The molecule has 1 heterocycles. The second-order valence-electron chi connectivity index (χ2n) is 8.36. The second-order valence-corrected chi connectivity index (χ2v) is 10.4. The molecule has 1 aromatic heterocycles. The van der Waals surface area contributed by atoms with Crippen LogP contribution >= 0.6 is 0 Å². The molecule has 2 aromatic rings. The van der Waals surface area contributed by atoms with Gasteiger partial charge in [0, 0.05) is 32.4 Å². The first-order chi connectivity index (χ1) is 12.6. The van der Waals surface area contributed by atoms with Crippen LogP contribution in [0.1, 0.15) is 33.6 Å². The summed E-state index contributed by atoms with van der Waals surface area (Å²) in [6.45, 7) is 6.63. The van der Waals surface area contributed by atoms with E-state index in [2.05, 4.69) is 5.10 Å². The number of hydrogen-bond donors (Lipinski definition) is 0. The molecule has 1 aliphatic rings. The Balaban J connectivity index is 1.72. The van der Waals surface area contributed by atoms with Crippen LogP contribution in [-0.4, -0.2) is 47.8 Å². The van der Waals surface area contributed by atoms with Crippen molar-refractivity contribution in [2.24, 2.45) is 13.0 Å². The van der Waals surface area contributed by atoms with E-state index in [1.807, 2.05) is 51.1 Å². The highest BCUT2D eigenvalue weighted by Crippen LogP contribution is 2.35. The van der Waals surface area contributed by atoms with Crippen LogP contribution in [0.3, 0.4) is 0 Å². The molecule has 0 saturated heterocycles. The van der Waals surface area contributed by atoms with Crippen LogP contribution in [0, 0.1) is 5.92 Å². The van der Waals surface area contributed by atoms with Crippen LogP contribution in [0.25, 0.3) is 11.3 Å². The second kappa shape index (κ2) is 7.37. The molecule has 148 valence electrons. The van der Waals surface area contributed by atoms with Crippen molar-refractivity contribution in [3.63, 3.8) is 0 Å². The molecule has 0 spiro atoms. The van der Waals surface area contributed by atoms with Crippen molar-refractivity contribution in [1.82, 2.24) is 14.1 Å². The van der Waals surface area contributed by atoms with Gasteiger partial charge in [0.15, 0.2) is 0 Å². The van der Waals surface area contributed by atoms with E-state index < -0.39 is 10.0 Å². The summed E-state index contributed by atoms with van der Waals surface area (Å²) in [6, 6.07) is 9.42. The first kappa shape index (κ1) is 20.0. The van der Waals surface area contributed by atoms with E-state index in [9.17, 15) is 8.42 Å². The van der Waals surface area contributed by atoms with Crippen LogP contribution in [0.5, 0.6) is 0 Å². The number of hydrogen-bond acceptors (Lipinski definition) is 4. The first-order valence-corrected chi connectivity index (χ1v) is 10.7. The lowest BCUT2D eigenvalue weighted by Gasteiger charge is -2.40. The number of sulfonamides is 1. The van der Waals surface area contributed by atoms with Crippen molar-refractivity contribution in [3.05, 3.63) is 36.5 Å². The monoisotopic (exact) mass is 391 g/mol. The van der Waals surface area contributed by atoms with E-state index in [4.69, 9.17) is 4.74 Å². The van der Waals surface area contributed by atoms with Crippen molar-refractivity contribution in [2.45, 2.75) is 50.2 Å². The summed E-state index contributed by atoms with van der Waals surface area (Å²) in [5.41, 5.74) is 1.13. The number of aryl methyl sites for hydroxylation is 1. The van der Waals surface area contributed by atoms with E-state index in [0.29, 0.717) is 18.2 Å². The van der Waals surface area contributed by atoms with Crippen LogP contribution in [0.2, 0.25) is 0 Å². The fraction of sp³-hybridized carbons (Fsp3) is 0.550. The maximum atomic E-state index is 13.2. The molecule has 27 heavy (non-hydrogen) atoms. The summed E-state index contributed by atoms with van der Waals surface area (Å²) in [5, 5.41) is 4.39. The first-order valence-electron chi connectivity index (χ1n) is 9.29. The molecular weight excluding hydrogens is 362 g/mol.